The maximum absolute atomic E-state index is 12.6. The zero-order chi connectivity index (χ0) is 21.6. The number of carbonyl (C=O) groups excluding carboxylic acids is 2. The van der Waals surface area contributed by atoms with Crippen LogP contribution in [0.2, 0.25) is 0 Å². The van der Waals surface area contributed by atoms with Crippen LogP contribution in [-0.2, 0) is 24.3 Å². The molecule has 1 aromatic heterocycles. The molecule has 7 heteroatoms. The van der Waals surface area contributed by atoms with E-state index in [4.69, 9.17) is 4.74 Å². The summed E-state index contributed by atoms with van der Waals surface area (Å²) < 4.78 is 5.49. The van der Waals surface area contributed by atoms with Crippen molar-refractivity contribution in [2.45, 2.75) is 19.6 Å². The molecule has 0 spiro atoms. The zero-order valence-corrected chi connectivity index (χ0v) is 18.0. The van der Waals surface area contributed by atoms with Crippen LogP contribution < -0.4 is 5.32 Å². The minimum absolute atomic E-state index is 0.163. The number of benzene rings is 2. The van der Waals surface area contributed by atoms with Crippen molar-refractivity contribution < 1.29 is 14.3 Å². The maximum atomic E-state index is 12.6. The molecule has 31 heavy (non-hydrogen) atoms. The van der Waals surface area contributed by atoms with Gasteiger partial charge in [0, 0.05) is 35.8 Å². The van der Waals surface area contributed by atoms with Gasteiger partial charge in [0.2, 0.25) is 0 Å². The molecule has 1 N–H and O–H groups in total. The van der Waals surface area contributed by atoms with Crippen molar-refractivity contribution in [1.82, 2.24) is 4.90 Å². The fourth-order valence-electron chi connectivity index (χ4n) is 3.52. The summed E-state index contributed by atoms with van der Waals surface area (Å²) in [5.74, 6) is -0.163. The van der Waals surface area contributed by atoms with Crippen LogP contribution in [0.3, 0.4) is 0 Å². The Kier molecular flexibility index (Phi) is 6.43. The lowest BCUT2D eigenvalue weighted by atomic mass is 10.0. The summed E-state index contributed by atoms with van der Waals surface area (Å²) in [6.45, 7) is 1.27. The van der Waals surface area contributed by atoms with Gasteiger partial charge < -0.3 is 15.0 Å². The van der Waals surface area contributed by atoms with Crippen molar-refractivity contribution in [3.8, 4) is 0 Å². The number of nitrogens with one attached hydrogen (secondary N) is 1. The molecule has 0 atom stereocenters. The van der Waals surface area contributed by atoms with E-state index in [1.807, 2.05) is 48.5 Å². The summed E-state index contributed by atoms with van der Waals surface area (Å²) in [6, 6.07) is 18.7. The average molecular weight is 434 g/mol. The van der Waals surface area contributed by atoms with Crippen LogP contribution >= 0.6 is 11.3 Å². The van der Waals surface area contributed by atoms with E-state index in [1.54, 1.807) is 30.3 Å². The van der Waals surface area contributed by atoms with Crippen LogP contribution in [0.15, 0.2) is 65.7 Å². The Labute approximate surface area is 185 Å². The molecular weight excluding hydrogens is 410 g/mol. The van der Waals surface area contributed by atoms with Crippen molar-refractivity contribution in [2.75, 3.05) is 18.9 Å². The molecule has 6 nitrogen and oxygen atoms in total. The Hall–Kier alpha value is -3.45. The van der Waals surface area contributed by atoms with Crippen LogP contribution in [0.5, 0.6) is 0 Å². The summed E-state index contributed by atoms with van der Waals surface area (Å²) in [5, 5.41) is 3.77. The van der Waals surface area contributed by atoms with E-state index in [1.165, 1.54) is 11.3 Å². The number of rotatable bonds is 5. The van der Waals surface area contributed by atoms with Crippen molar-refractivity contribution in [2.24, 2.45) is 4.99 Å². The highest BCUT2D eigenvalue weighted by atomic mass is 32.1. The average Bonchev–Trinajstić information content (AvgIpc) is 3.15. The molecule has 2 amide bonds. The Morgan fingerprint density at radius 2 is 1.84 bits per heavy atom. The third kappa shape index (κ3) is 4.83. The predicted molar refractivity (Wildman–Crippen MR) is 123 cm³/mol. The number of aliphatic imine (C=N–C) groups is 1. The highest BCUT2D eigenvalue weighted by molar-refractivity contribution is 7.17. The predicted octanol–water partition coefficient (Wildman–Crippen LogP) is 4.74. The van der Waals surface area contributed by atoms with Gasteiger partial charge in [-0.05, 0) is 29.7 Å². The highest BCUT2D eigenvalue weighted by Gasteiger charge is 2.27. The topological polar surface area (TPSA) is 71.0 Å². The fraction of sp³-hybridized carbons (Fsp3) is 0.208. The van der Waals surface area contributed by atoms with Crippen molar-refractivity contribution in [3.05, 3.63) is 87.8 Å². The van der Waals surface area contributed by atoms with Gasteiger partial charge in [0.1, 0.15) is 11.6 Å². The summed E-state index contributed by atoms with van der Waals surface area (Å²) in [7, 11) is 1.71. The number of ether oxygens (including phenoxy) is 1. The standard InChI is InChI=1S/C24H23N3O3S/c1-25-14-20-19-12-13-27(24(29)30-16-17-8-4-2-5-9-17)15-21(19)31-23(20)26-22(28)18-10-6-3-7-11-18/h2-11,14H,12-13,15-16H2,1H3,(H,26,28). The monoisotopic (exact) mass is 433 g/mol. The van der Waals surface area contributed by atoms with Gasteiger partial charge in [0.15, 0.2) is 0 Å². The molecular formula is C24H23N3O3S. The maximum Gasteiger partial charge on any atom is 0.410 e. The third-order valence-electron chi connectivity index (χ3n) is 5.08. The molecule has 0 bridgehead atoms. The van der Waals surface area contributed by atoms with E-state index in [9.17, 15) is 9.59 Å². The molecule has 2 heterocycles. The number of amides is 2. The largest absolute Gasteiger partial charge is 0.445 e. The molecule has 0 saturated heterocycles. The molecule has 1 aliphatic rings. The number of hydrogen-bond donors (Lipinski definition) is 1. The number of carbonyl (C=O) groups is 2. The second-order valence-corrected chi connectivity index (χ2v) is 8.27. The van der Waals surface area contributed by atoms with Crippen LogP contribution in [-0.4, -0.2) is 36.7 Å². The van der Waals surface area contributed by atoms with Gasteiger partial charge in [0.05, 0.1) is 6.54 Å². The van der Waals surface area contributed by atoms with E-state index >= 15 is 0 Å². The molecule has 0 fully saturated rings. The number of hydrogen-bond acceptors (Lipinski definition) is 5. The first-order valence-corrected chi connectivity index (χ1v) is 10.9. The van der Waals surface area contributed by atoms with E-state index in [2.05, 4.69) is 10.3 Å². The Morgan fingerprint density at radius 3 is 2.55 bits per heavy atom. The van der Waals surface area contributed by atoms with Crippen molar-refractivity contribution >= 4 is 34.6 Å². The fourth-order valence-corrected chi connectivity index (χ4v) is 4.75. The number of anilines is 1. The van der Waals surface area contributed by atoms with E-state index in [-0.39, 0.29) is 18.6 Å². The summed E-state index contributed by atoms with van der Waals surface area (Å²) in [5.41, 5.74) is 3.60. The first-order chi connectivity index (χ1) is 15.2. The third-order valence-corrected chi connectivity index (χ3v) is 6.23. The summed E-state index contributed by atoms with van der Waals surface area (Å²) in [4.78, 5) is 32.1. The van der Waals surface area contributed by atoms with Gasteiger partial charge in [-0.25, -0.2) is 4.79 Å². The van der Waals surface area contributed by atoms with Gasteiger partial charge >= 0.3 is 6.09 Å². The zero-order valence-electron chi connectivity index (χ0n) is 17.2. The lowest BCUT2D eigenvalue weighted by molar-refractivity contribution is 0.0923. The first-order valence-electron chi connectivity index (χ1n) is 10.0. The smallest absolute Gasteiger partial charge is 0.410 e. The molecule has 0 aliphatic carbocycles. The van der Waals surface area contributed by atoms with Gasteiger partial charge in [-0.3, -0.25) is 9.79 Å². The minimum Gasteiger partial charge on any atom is -0.445 e. The second-order valence-electron chi connectivity index (χ2n) is 7.17. The molecule has 4 rings (SSSR count). The van der Waals surface area contributed by atoms with Crippen molar-refractivity contribution in [1.29, 1.82) is 0 Å². The van der Waals surface area contributed by atoms with E-state index in [0.29, 0.717) is 25.1 Å². The Balaban J connectivity index is 1.48. The van der Waals surface area contributed by atoms with E-state index < -0.39 is 0 Å². The highest BCUT2D eigenvalue weighted by Crippen LogP contribution is 2.36. The lowest BCUT2D eigenvalue weighted by Gasteiger charge is -2.26. The quantitative estimate of drug-likeness (QED) is 0.591. The number of thiophene rings is 1. The second kappa shape index (κ2) is 9.57. The van der Waals surface area contributed by atoms with Crippen LogP contribution in [0, 0.1) is 0 Å². The molecule has 3 aromatic rings. The Bertz CT molecular complexity index is 1090. The molecule has 0 radical (unpaired) electrons. The summed E-state index contributed by atoms with van der Waals surface area (Å²) >= 11 is 1.49. The van der Waals surface area contributed by atoms with Gasteiger partial charge in [-0.1, -0.05) is 48.5 Å². The van der Waals surface area contributed by atoms with Crippen LogP contribution in [0.4, 0.5) is 9.80 Å². The molecule has 0 saturated carbocycles. The normalized spacial score (nSPS) is 13.1. The Morgan fingerprint density at radius 1 is 1.13 bits per heavy atom. The molecule has 2 aromatic carbocycles. The molecule has 0 unspecified atom stereocenters. The molecule has 1 aliphatic heterocycles. The lowest BCUT2D eigenvalue weighted by Crippen LogP contribution is -2.35. The SMILES string of the molecule is CN=Cc1c(NC(=O)c2ccccc2)sc2c1CCN(C(=O)OCc1ccccc1)C2. The van der Waals surface area contributed by atoms with E-state index in [0.717, 1.165) is 26.6 Å². The first kappa shape index (κ1) is 20.8. The van der Waals surface area contributed by atoms with Gasteiger partial charge in [-0.15, -0.1) is 11.3 Å². The number of fused-ring (bicyclic) bond motifs is 1. The molecule has 158 valence electrons. The van der Waals surface area contributed by atoms with Gasteiger partial charge in [-0.2, -0.15) is 0 Å². The van der Waals surface area contributed by atoms with Crippen LogP contribution in [0.1, 0.15) is 31.9 Å². The summed E-state index contributed by atoms with van der Waals surface area (Å²) in [6.07, 6.45) is 2.14. The van der Waals surface area contributed by atoms with Crippen LogP contribution in [0.25, 0.3) is 0 Å². The minimum atomic E-state index is -0.330. The van der Waals surface area contributed by atoms with Gasteiger partial charge in [0.25, 0.3) is 5.91 Å². The van der Waals surface area contributed by atoms with Crippen molar-refractivity contribution in [3.63, 3.8) is 0 Å². The number of nitrogens with zero attached hydrogens (tertiary/aromatic N) is 2.